The molecule has 0 fully saturated rings. The van der Waals surface area contributed by atoms with Crippen molar-refractivity contribution in [3.05, 3.63) is 62.7 Å². The molecule has 24 heavy (non-hydrogen) atoms. The minimum atomic E-state index is -1.17. The summed E-state index contributed by atoms with van der Waals surface area (Å²) >= 11 is 0. The summed E-state index contributed by atoms with van der Waals surface area (Å²) in [7, 11) is 1.35. The van der Waals surface area contributed by atoms with Gasteiger partial charge >= 0.3 is 6.09 Å². The van der Waals surface area contributed by atoms with Crippen LogP contribution in [0, 0.1) is 6.92 Å². The van der Waals surface area contributed by atoms with Crippen LogP contribution in [0.25, 0.3) is 22.0 Å². The van der Waals surface area contributed by atoms with E-state index >= 15 is 0 Å². The van der Waals surface area contributed by atoms with Crippen molar-refractivity contribution in [2.24, 2.45) is 0 Å². The normalized spacial score (nSPS) is 10.8. The maximum Gasteiger partial charge on any atom is 0.412 e. The predicted octanol–water partition coefficient (Wildman–Crippen LogP) is 2.31. The lowest BCUT2D eigenvalue weighted by Crippen LogP contribution is -2.26. The number of aryl methyl sites for hydroxylation is 1. The molecular formula is C17H15N3O4. The molecule has 0 aliphatic rings. The Kier molecular flexibility index (Phi) is 3.69. The van der Waals surface area contributed by atoms with Gasteiger partial charge in [0.2, 0.25) is 0 Å². The van der Waals surface area contributed by atoms with E-state index in [9.17, 15) is 14.4 Å². The van der Waals surface area contributed by atoms with Crippen molar-refractivity contribution in [3.63, 3.8) is 0 Å². The molecule has 1 aromatic carbocycles. The summed E-state index contributed by atoms with van der Waals surface area (Å²) in [5.74, 6) is 0.182. The quantitative estimate of drug-likeness (QED) is 0.672. The number of anilines is 1. The molecule has 2 heterocycles. The molecule has 122 valence electrons. The van der Waals surface area contributed by atoms with E-state index in [1.165, 1.54) is 13.1 Å². The van der Waals surface area contributed by atoms with Gasteiger partial charge in [0.05, 0.1) is 5.52 Å². The van der Waals surface area contributed by atoms with Crippen LogP contribution in [0.15, 0.2) is 46.1 Å². The van der Waals surface area contributed by atoms with E-state index < -0.39 is 6.09 Å². The summed E-state index contributed by atoms with van der Waals surface area (Å²) in [5, 5.41) is 9.40. The topological polar surface area (TPSA) is 106 Å². The van der Waals surface area contributed by atoms with Crippen LogP contribution in [-0.2, 0) is 0 Å². The molecular weight excluding hydrogens is 310 g/mol. The number of rotatable bonds is 2. The van der Waals surface area contributed by atoms with Gasteiger partial charge in [0, 0.05) is 30.3 Å². The minimum absolute atomic E-state index is 0.182. The molecule has 3 rings (SSSR count). The predicted molar refractivity (Wildman–Crippen MR) is 91.8 cm³/mol. The van der Waals surface area contributed by atoms with Crippen LogP contribution in [0.1, 0.15) is 5.56 Å². The number of nitrogens with one attached hydrogen (secondary N) is 2. The monoisotopic (exact) mass is 325 g/mol. The van der Waals surface area contributed by atoms with Crippen molar-refractivity contribution in [1.29, 1.82) is 0 Å². The van der Waals surface area contributed by atoms with E-state index in [-0.39, 0.29) is 16.8 Å². The van der Waals surface area contributed by atoms with E-state index in [4.69, 9.17) is 5.11 Å². The number of aromatic amines is 2. The SMILES string of the molecule is Cc1c[nH]c(=O)c(-c2ccc3[nH]c(N(C)C(=O)O)cc(=O)c3c2)c1. The van der Waals surface area contributed by atoms with Gasteiger partial charge in [0.1, 0.15) is 5.82 Å². The third-order valence-corrected chi connectivity index (χ3v) is 3.82. The van der Waals surface area contributed by atoms with Gasteiger partial charge in [-0.15, -0.1) is 0 Å². The van der Waals surface area contributed by atoms with Crippen LogP contribution >= 0.6 is 0 Å². The summed E-state index contributed by atoms with van der Waals surface area (Å²) in [6, 6.07) is 7.98. The zero-order valence-corrected chi connectivity index (χ0v) is 13.1. The lowest BCUT2D eigenvalue weighted by Gasteiger charge is -2.13. The number of nitrogens with zero attached hydrogens (tertiary/aromatic N) is 1. The first-order valence-corrected chi connectivity index (χ1v) is 7.20. The zero-order valence-electron chi connectivity index (χ0n) is 13.1. The molecule has 3 aromatic rings. The number of fused-ring (bicyclic) bond motifs is 1. The van der Waals surface area contributed by atoms with Crippen LogP contribution < -0.4 is 15.9 Å². The van der Waals surface area contributed by atoms with E-state index in [1.54, 1.807) is 30.5 Å². The molecule has 0 bridgehead atoms. The lowest BCUT2D eigenvalue weighted by atomic mass is 10.0. The number of hydrogen-bond acceptors (Lipinski definition) is 3. The molecule has 2 aromatic heterocycles. The van der Waals surface area contributed by atoms with Crippen molar-refractivity contribution >= 4 is 22.8 Å². The Hall–Kier alpha value is -3.35. The second-order valence-corrected chi connectivity index (χ2v) is 5.54. The molecule has 0 unspecified atom stereocenters. The first-order chi connectivity index (χ1) is 11.4. The summed E-state index contributed by atoms with van der Waals surface area (Å²) in [4.78, 5) is 41.9. The van der Waals surface area contributed by atoms with Gasteiger partial charge in [-0.1, -0.05) is 6.07 Å². The van der Waals surface area contributed by atoms with Crippen LogP contribution in [0.2, 0.25) is 0 Å². The fourth-order valence-electron chi connectivity index (χ4n) is 2.49. The lowest BCUT2D eigenvalue weighted by molar-refractivity contribution is 0.203. The van der Waals surface area contributed by atoms with Crippen LogP contribution in [0.4, 0.5) is 10.6 Å². The summed E-state index contributed by atoms with van der Waals surface area (Å²) in [6.45, 7) is 1.86. The van der Waals surface area contributed by atoms with Crippen molar-refractivity contribution in [3.8, 4) is 11.1 Å². The molecule has 3 N–H and O–H groups in total. The van der Waals surface area contributed by atoms with Crippen LogP contribution in [-0.4, -0.2) is 28.2 Å². The first-order valence-electron chi connectivity index (χ1n) is 7.20. The average Bonchev–Trinajstić information content (AvgIpc) is 2.56. The zero-order chi connectivity index (χ0) is 17.4. The molecule has 0 saturated carbocycles. The molecule has 1 amide bonds. The number of pyridine rings is 2. The van der Waals surface area contributed by atoms with Crippen LogP contribution in [0.5, 0.6) is 0 Å². The standard InChI is InChI=1S/C17H15N3O4/c1-9-5-11(16(22)18-8-9)10-3-4-13-12(6-10)14(21)7-15(19-13)20(2)17(23)24/h3-8H,1-2H3,(H,18,22)(H,19,21)(H,23,24). The smallest absolute Gasteiger partial charge is 0.412 e. The Balaban J connectivity index is 2.20. The largest absolute Gasteiger partial charge is 0.465 e. The number of hydrogen-bond donors (Lipinski definition) is 3. The van der Waals surface area contributed by atoms with Gasteiger partial charge in [-0.25, -0.2) is 4.79 Å². The second kappa shape index (κ2) is 5.69. The molecule has 0 atom stereocenters. The summed E-state index contributed by atoms with van der Waals surface area (Å²) in [5.41, 5.74) is 1.94. The average molecular weight is 325 g/mol. The summed E-state index contributed by atoms with van der Waals surface area (Å²) in [6.07, 6.45) is 0.446. The minimum Gasteiger partial charge on any atom is -0.465 e. The Morgan fingerprint density at radius 3 is 2.62 bits per heavy atom. The highest BCUT2D eigenvalue weighted by Crippen LogP contribution is 2.21. The van der Waals surface area contributed by atoms with Crippen molar-refractivity contribution in [1.82, 2.24) is 9.97 Å². The van der Waals surface area contributed by atoms with Crippen molar-refractivity contribution in [2.45, 2.75) is 6.92 Å². The van der Waals surface area contributed by atoms with E-state index in [0.29, 0.717) is 22.0 Å². The first kappa shape index (κ1) is 15.5. The molecule has 0 spiro atoms. The number of carboxylic acid groups (broad SMARTS) is 1. The van der Waals surface area contributed by atoms with E-state index in [0.717, 1.165) is 10.5 Å². The van der Waals surface area contributed by atoms with Gasteiger partial charge in [-0.05, 0) is 36.2 Å². The molecule has 7 heteroatoms. The van der Waals surface area contributed by atoms with Gasteiger partial charge in [0.15, 0.2) is 5.43 Å². The maximum atomic E-state index is 12.3. The Morgan fingerprint density at radius 1 is 1.17 bits per heavy atom. The highest BCUT2D eigenvalue weighted by molar-refractivity contribution is 5.89. The number of carbonyl (C=O) groups is 1. The second-order valence-electron chi connectivity index (χ2n) is 5.54. The summed E-state index contributed by atoms with van der Waals surface area (Å²) < 4.78 is 0. The Bertz CT molecular complexity index is 1070. The van der Waals surface area contributed by atoms with Gasteiger partial charge in [-0.2, -0.15) is 0 Å². The number of amides is 1. The van der Waals surface area contributed by atoms with Crippen molar-refractivity contribution in [2.75, 3.05) is 11.9 Å². The van der Waals surface area contributed by atoms with E-state index in [2.05, 4.69) is 9.97 Å². The number of H-pyrrole nitrogens is 2. The van der Waals surface area contributed by atoms with Crippen LogP contribution in [0.3, 0.4) is 0 Å². The van der Waals surface area contributed by atoms with Crippen molar-refractivity contribution < 1.29 is 9.90 Å². The molecule has 0 aliphatic heterocycles. The van der Waals surface area contributed by atoms with E-state index in [1.807, 2.05) is 6.92 Å². The highest BCUT2D eigenvalue weighted by Gasteiger charge is 2.12. The molecule has 0 radical (unpaired) electrons. The fourth-order valence-corrected chi connectivity index (χ4v) is 2.49. The molecule has 0 aliphatic carbocycles. The highest BCUT2D eigenvalue weighted by atomic mass is 16.4. The number of benzene rings is 1. The number of aromatic nitrogens is 2. The fraction of sp³-hybridized carbons (Fsp3) is 0.118. The third kappa shape index (κ3) is 2.67. The molecule has 7 nitrogen and oxygen atoms in total. The maximum absolute atomic E-state index is 12.3. The Labute approximate surface area is 136 Å². The van der Waals surface area contributed by atoms with Gasteiger partial charge in [-0.3, -0.25) is 14.5 Å². The van der Waals surface area contributed by atoms with Gasteiger partial charge < -0.3 is 15.1 Å². The third-order valence-electron chi connectivity index (χ3n) is 3.82. The van der Waals surface area contributed by atoms with Gasteiger partial charge in [0.25, 0.3) is 5.56 Å². The Morgan fingerprint density at radius 2 is 1.92 bits per heavy atom. The molecule has 0 saturated heterocycles.